The van der Waals surface area contributed by atoms with Crippen molar-refractivity contribution in [2.75, 3.05) is 6.54 Å². The summed E-state index contributed by atoms with van der Waals surface area (Å²) >= 11 is 0. The molecule has 1 aliphatic heterocycles. The number of hydrogen-bond acceptors (Lipinski definition) is 4. The van der Waals surface area contributed by atoms with Crippen LogP contribution in [0.3, 0.4) is 0 Å². The Morgan fingerprint density at radius 3 is 2.84 bits per heavy atom. The Morgan fingerprint density at radius 2 is 2.00 bits per heavy atom. The number of rotatable bonds is 6. The molecule has 6 heteroatoms. The lowest BCUT2D eigenvalue weighted by Crippen LogP contribution is -2.42. The molecule has 3 aromatic rings. The summed E-state index contributed by atoms with van der Waals surface area (Å²) in [6, 6.07) is 11.1. The van der Waals surface area contributed by atoms with E-state index in [2.05, 4.69) is 61.1 Å². The van der Waals surface area contributed by atoms with E-state index >= 15 is 0 Å². The van der Waals surface area contributed by atoms with E-state index in [9.17, 15) is 0 Å². The van der Waals surface area contributed by atoms with Crippen LogP contribution in [0.2, 0.25) is 0 Å². The maximum Gasteiger partial charge on any atom is 0.137 e. The van der Waals surface area contributed by atoms with E-state index in [0.717, 1.165) is 32.0 Å². The molecular weight excluding hydrogens is 312 g/mol. The first kappa shape index (κ1) is 16.0. The van der Waals surface area contributed by atoms with Crippen LogP contribution in [0.5, 0.6) is 0 Å². The first-order valence-corrected chi connectivity index (χ1v) is 8.99. The van der Waals surface area contributed by atoms with Crippen molar-refractivity contribution in [1.29, 1.82) is 0 Å². The smallest absolute Gasteiger partial charge is 0.137 e. The zero-order chi connectivity index (χ0) is 16.9. The first-order chi connectivity index (χ1) is 12.4. The highest BCUT2D eigenvalue weighted by molar-refractivity contribution is 5.15. The van der Waals surface area contributed by atoms with Gasteiger partial charge in [-0.25, -0.2) is 9.97 Å². The van der Waals surface area contributed by atoms with Gasteiger partial charge in [0.25, 0.3) is 0 Å². The van der Waals surface area contributed by atoms with Gasteiger partial charge in [-0.15, -0.1) is 0 Å². The number of aromatic nitrogens is 5. The highest BCUT2D eigenvalue weighted by Crippen LogP contribution is 2.20. The van der Waals surface area contributed by atoms with Crippen LogP contribution in [0.15, 0.2) is 55.4 Å². The third kappa shape index (κ3) is 3.96. The molecule has 6 nitrogen and oxygen atoms in total. The number of hydrogen-bond donors (Lipinski definition) is 0. The van der Waals surface area contributed by atoms with E-state index in [1.54, 1.807) is 6.33 Å². The zero-order valence-electron chi connectivity index (χ0n) is 14.4. The second-order valence-corrected chi connectivity index (χ2v) is 6.69. The fraction of sp³-hybridized carbons (Fsp3) is 0.421. The molecule has 3 heterocycles. The Bertz CT molecular complexity index is 764. The van der Waals surface area contributed by atoms with Gasteiger partial charge in [-0.3, -0.25) is 9.58 Å². The second-order valence-electron chi connectivity index (χ2n) is 6.69. The fourth-order valence-corrected chi connectivity index (χ4v) is 3.62. The van der Waals surface area contributed by atoms with E-state index in [0.29, 0.717) is 6.04 Å². The lowest BCUT2D eigenvalue weighted by molar-refractivity contribution is 0.117. The molecule has 2 aromatic heterocycles. The summed E-state index contributed by atoms with van der Waals surface area (Å²) in [4.78, 5) is 11.2. The Labute approximate surface area is 148 Å². The highest BCUT2D eigenvalue weighted by atomic mass is 15.3. The van der Waals surface area contributed by atoms with E-state index in [1.165, 1.54) is 24.8 Å². The third-order valence-electron chi connectivity index (χ3n) is 4.96. The summed E-state index contributed by atoms with van der Waals surface area (Å²) in [5.74, 6) is 1.13. The molecule has 25 heavy (non-hydrogen) atoms. The second kappa shape index (κ2) is 7.61. The van der Waals surface area contributed by atoms with Crippen LogP contribution in [0.25, 0.3) is 0 Å². The number of imidazole rings is 1. The van der Waals surface area contributed by atoms with Gasteiger partial charge in [0.2, 0.25) is 0 Å². The van der Waals surface area contributed by atoms with Crippen molar-refractivity contribution in [1.82, 2.24) is 29.2 Å². The minimum Gasteiger partial charge on any atom is -0.329 e. The molecule has 1 saturated heterocycles. The first-order valence-electron chi connectivity index (χ1n) is 8.99. The van der Waals surface area contributed by atoms with E-state index in [4.69, 9.17) is 0 Å². The van der Waals surface area contributed by atoms with Gasteiger partial charge in [-0.05, 0) is 24.9 Å². The number of benzene rings is 1. The van der Waals surface area contributed by atoms with Crippen molar-refractivity contribution >= 4 is 0 Å². The number of likely N-dealkylation sites (tertiary alicyclic amines) is 1. The van der Waals surface area contributed by atoms with E-state index in [1.807, 2.05) is 17.2 Å². The Morgan fingerprint density at radius 1 is 1.08 bits per heavy atom. The Kier molecular flexibility index (Phi) is 4.88. The Hall–Kier alpha value is -2.47. The van der Waals surface area contributed by atoms with Crippen LogP contribution in [-0.2, 0) is 19.6 Å². The largest absolute Gasteiger partial charge is 0.329 e. The van der Waals surface area contributed by atoms with Crippen molar-refractivity contribution in [2.45, 2.75) is 44.9 Å². The van der Waals surface area contributed by atoms with Gasteiger partial charge in [-0.1, -0.05) is 36.8 Å². The molecular formula is C19H24N6. The number of nitrogens with zero attached hydrogens (tertiary/aromatic N) is 6. The predicted molar refractivity (Wildman–Crippen MR) is 95.8 cm³/mol. The summed E-state index contributed by atoms with van der Waals surface area (Å²) in [6.07, 6.45) is 11.2. The normalized spacial score (nSPS) is 18.5. The summed E-state index contributed by atoms with van der Waals surface area (Å²) < 4.78 is 4.20. The predicted octanol–water partition coefficient (Wildman–Crippen LogP) is 2.58. The molecule has 1 unspecified atom stereocenters. The monoisotopic (exact) mass is 336 g/mol. The molecule has 1 fully saturated rings. The van der Waals surface area contributed by atoms with Gasteiger partial charge < -0.3 is 4.57 Å². The molecule has 1 aromatic carbocycles. The van der Waals surface area contributed by atoms with Gasteiger partial charge in [0, 0.05) is 25.0 Å². The average molecular weight is 336 g/mol. The molecule has 0 spiro atoms. The average Bonchev–Trinajstić information content (AvgIpc) is 3.30. The van der Waals surface area contributed by atoms with Gasteiger partial charge in [0.1, 0.15) is 18.5 Å². The van der Waals surface area contributed by atoms with E-state index < -0.39 is 0 Å². The maximum absolute atomic E-state index is 4.62. The van der Waals surface area contributed by atoms with Crippen LogP contribution in [0.4, 0.5) is 0 Å². The lowest BCUT2D eigenvalue weighted by atomic mass is 10.0. The molecule has 0 aliphatic carbocycles. The van der Waals surface area contributed by atoms with Crippen LogP contribution >= 0.6 is 0 Å². The summed E-state index contributed by atoms with van der Waals surface area (Å²) in [7, 11) is 0. The molecule has 0 bridgehead atoms. The molecule has 130 valence electrons. The van der Waals surface area contributed by atoms with Crippen LogP contribution in [0.1, 0.15) is 30.7 Å². The van der Waals surface area contributed by atoms with Crippen molar-refractivity contribution in [3.8, 4) is 0 Å². The van der Waals surface area contributed by atoms with Crippen molar-refractivity contribution in [3.63, 3.8) is 0 Å². The Balaban J connectivity index is 1.46. The molecule has 0 radical (unpaired) electrons. The standard InChI is InChI=1S/C19H24N6/c1-2-6-17(7-3-1)12-24-11-9-21-19(24)14-23-10-5-4-8-18(23)13-25-16-20-15-22-25/h1-3,6-7,9,11,15-16,18H,4-5,8,10,12-14H2. The van der Waals surface area contributed by atoms with Crippen LogP contribution < -0.4 is 0 Å². The quantitative estimate of drug-likeness (QED) is 0.694. The zero-order valence-corrected chi connectivity index (χ0v) is 14.4. The summed E-state index contributed by atoms with van der Waals surface area (Å²) in [5.41, 5.74) is 1.31. The molecule has 0 amide bonds. The van der Waals surface area contributed by atoms with E-state index in [-0.39, 0.29) is 0 Å². The van der Waals surface area contributed by atoms with Crippen LogP contribution in [-0.4, -0.2) is 41.8 Å². The summed E-state index contributed by atoms with van der Waals surface area (Å²) in [6.45, 7) is 3.79. The topological polar surface area (TPSA) is 51.8 Å². The van der Waals surface area contributed by atoms with Crippen molar-refractivity contribution < 1.29 is 0 Å². The van der Waals surface area contributed by atoms with Gasteiger partial charge in [-0.2, -0.15) is 5.10 Å². The maximum atomic E-state index is 4.62. The summed E-state index contributed by atoms with van der Waals surface area (Å²) in [5, 5.41) is 4.27. The molecule has 0 N–H and O–H groups in total. The minimum atomic E-state index is 0.498. The van der Waals surface area contributed by atoms with Gasteiger partial charge in [0.15, 0.2) is 0 Å². The number of piperidine rings is 1. The van der Waals surface area contributed by atoms with Crippen molar-refractivity contribution in [2.24, 2.45) is 0 Å². The molecule has 1 aliphatic rings. The highest BCUT2D eigenvalue weighted by Gasteiger charge is 2.24. The SMILES string of the molecule is c1ccc(Cn2ccnc2CN2CCCCC2Cn2cncn2)cc1. The molecule has 0 saturated carbocycles. The third-order valence-corrected chi connectivity index (χ3v) is 4.96. The lowest BCUT2D eigenvalue weighted by Gasteiger charge is -2.35. The molecule has 4 rings (SSSR count). The van der Waals surface area contributed by atoms with Crippen molar-refractivity contribution in [3.05, 3.63) is 66.8 Å². The van der Waals surface area contributed by atoms with Crippen LogP contribution in [0, 0.1) is 0 Å². The van der Waals surface area contributed by atoms with Gasteiger partial charge >= 0.3 is 0 Å². The minimum absolute atomic E-state index is 0.498. The fourth-order valence-electron chi connectivity index (χ4n) is 3.62. The molecule has 1 atom stereocenters. The van der Waals surface area contributed by atoms with Gasteiger partial charge in [0.05, 0.1) is 13.1 Å².